The summed E-state index contributed by atoms with van der Waals surface area (Å²) < 4.78 is 5.45. The first-order chi connectivity index (χ1) is 8.02. The van der Waals surface area contributed by atoms with Crippen LogP contribution in [0.3, 0.4) is 0 Å². The van der Waals surface area contributed by atoms with E-state index in [-0.39, 0.29) is 11.9 Å². The summed E-state index contributed by atoms with van der Waals surface area (Å²) in [7, 11) is 0. The molecule has 0 saturated heterocycles. The summed E-state index contributed by atoms with van der Waals surface area (Å²) in [5.74, 6) is 0.726. The summed E-state index contributed by atoms with van der Waals surface area (Å²) in [5, 5.41) is 3.19. The Morgan fingerprint density at radius 2 is 1.82 bits per heavy atom. The van der Waals surface area contributed by atoms with E-state index >= 15 is 0 Å². The zero-order valence-corrected chi connectivity index (χ0v) is 12.0. The fraction of sp³-hybridized carbons (Fsp3) is 0.923. The second-order valence-electron chi connectivity index (χ2n) is 4.66. The maximum absolute atomic E-state index is 11.9. The third kappa shape index (κ3) is 7.34. The lowest BCUT2D eigenvalue weighted by Crippen LogP contribution is -2.45. The zero-order valence-electron chi connectivity index (χ0n) is 12.0. The highest BCUT2D eigenvalue weighted by Crippen LogP contribution is 1.95. The van der Waals surface area contributed by atoms with Crippen LogP contribution in [0.25, 0.3) is 0 Å². The molecule has 17 heavy (non-hydrogen) atoms. The predicted molar refractivity (Wildman–Crippen MR) is 71.0 cm³/mol. The van der Waals surface area contributed by atoms with Crippen LogP contribution in [0.15, 0.2) is 0 Å². The average Bonchev–Trinajstić information content (AvgIpc) is 2.29. The molecule has 0 radical (unpaired) electrons. The molecule has 0 aliphatic carbocycles. The van der Waals surface area contributed by atoms with Gasteiger partial charge in [0.25, 0.3) is 0 Å². The third-order valence-corrected chi connectivity index (χ3v) is 2.59. The van der Waals surface area contributed by atoms with E-state index in [0.29, 0.717) is 12.5 Å². The smallest absolute Gasteiger partial charge is 0.239 e. The van der Waals surface area contributed by atoms with Gasteiger partial charge in [-0.15, -0.1) is 0 Å². The topological polar surface area (TPSA) is 41.6 Å². The van der Waals surface area contributed by atoms with Crippen LogP contribution in [0.2, 0.25) is 0 Å². The molecule has 0 aromatic carbocycles. The zero-order chi connectivity index (χ0) is 13.3. The number of hydrogen-bond acceptors (Lipinski definition) is 3. The SMILES string of the molecule is CCN(CC)C(=O)C(C)NCCOCC(C)C. The molecule has 0 aromatic heterocycles. The Kier molecular flexibility index (Phi) is 9.09. The van der Waals surface area contributed by atoms with Gasteiger partial charge >= 0.3 is 0 Å². The molecular weight excluding hydrogens is 216 g/mol. The number of carbonyl (C=O) groups is 1. The van der Waals surface area contributed by atoms with Gasteiger partial charge in [-0.1, -0.05) is 13.8 Å². The Labute approximate surface area is 106 Å². The van der Waals surface area contributed by atoms with Gasteiger partial charge in [0.1, 0.15) is 0 Å². The summed E-state index contributed by atoms with van der Waals surface area (Å²) in [6.45, 7) is 13.9. The molecule has 0 heterocycles. The van der Waals surface area contributed by atoms with Crippen LogP contribution in [-0.2, 0) is 9.53 Å². The van der Waals surface area contributed by atoms with Crippen molar-refractivity contribution in [2.75, 3.05) is 32.8 Å². The standard InChI is InChI=1S/C13H28N2O2/c1-6-15(7-2)13(16)12(5)14-8-9-17-10-11(3)4/h11-12,14H,6-10H2,1-5H3. The summed E-state index contributed by atoms with van der Waals surface area (Å²) in [5.41, 5.74) is 0. The maximum atomic E-state index is 11.9. The lowest BCUT2D eigenvalue weighted by atomic mass is 10.2. The van der Waals surface area contributed by atoms with Crippen molar-refractivity contribution < 1.29 is 9.53 Å². The normalized spacial score (nSPS) is 12.8. The summed E-state index contributed by atoms with van der Waals surface area (Å²) in [6, 6.07) is -0.127. The second kappa shape index (κ2) is 9.42. The number of nitrogens with zero attached hydrogens (tertiary/aromatic N) is 1. The molecule has 1 unspecified atom stereocenters. The molecule has 0 rings (SSSR count). The number of ether oxygens (including phenoxy) is 1. The van der Waals surface area contributed by atoms with Crippen LogP contribution >= 0.6 is 0 Å². The van der Waals surface area contributed by atoms with E-state index in [1.165, 1.54) is 0 Å². The van der Waals surface area contributed by atoms with Gasteiger partial charge in [0, 0.05) is 26.2 Å². The fourth-order valence-electron chi connectivity index (χ4n) is 1.56. The first-order valence-corrected chi connectivity index (χ1v) is 6.62. The van der Waals surface area contributed by atoms with Crippen molar-refractivity contribution in [2.24, 2.45) is 5.92 Å². The van der Waals surface area contributed by atoms with Gasteiger partial charge in [-0.3, -0.25) is 4.79 Å². The maximum Gasteiger partial charge on any atom is 0.239 e. The van der Waals surface area contributed by atoms with E-state index in [9.17, 15) is 4.79 Å². The molecule has 102 valence electrons. The minimum atomic E-state index is -0.127. The van der Waals surface area contributed by atoms with Gasteiger partial charge in [0.2, 0.25) is 5.91 Å². The van der Waals surface area contributed by atoms with Crippen molar-refractivity contribution >= 4 is 5.91 Å². The molecule has 0 bridgehead atoms. The van der Waals surface area contributed by atoms with E-state index in [1.54, 1.807) is 0 Å². The molecule has 0 aliphatic heterocycles. The van der Waals surface area contributed by atoms with Crippen molar-refractivity contribution in [3.05, 3.63) is 0 Å². The quantitative estimate of drug-likeness (QED) is 0.625. The molecule has 1 atom stereocenters. The van der Waals surface area contributed by atoms with Crippen LogP contribution in [-0.4, -0.2) is 49.7 Å². The molecular formula is C13H28N2O2. The second-order valence-corrected chi connectivity index (χ2v) is 4.66. The van der Waals surface area contributed by atoms with E-state index in [4.69, 9.17) is 4.74 Å². The lowest BCUT2D eigenvalue weighted by molar-refractivity contribution is -0.132. The minimum Gasteiger partial charge on any atom is -0.380 e. The number of hydrogen-bond donors (Lipinski definition) is 1. The number of amides is 1. The monoisotopic (exact) mass is 244 g/mol. The number of likely N-dealkylation sites (N-methyl/N-ethyl adjacent to an activating group) is 1. The Morgan fingerprint density at radius 3 is 2.29 bits per heavy atom. The Morgan fingerprint density at radius 1 is 1.24 bits per heavy atom. The van der Waals surface area contributed by atoms with E-state index in [0.717, 1.165) is 26.2 Å². The average molecular weight is 244 g/mol. The molecule has 0 spiro atoms. The summed E-state index contributed by atoms with van der Waals surface area (Å²) in [4.78, 5) is 13.7. The number of nitrogens with one attached hydrogen (secondary N) is 1. The molecule has 4 nitrogen and oxygen atoms in total. The van der Waals surface area contributed by atoms with Crippen LogP contribution in [0, 0.1) is 5.92 Å². The molecule has 0 aromatic rings. The van der Waals surface area contributed by atoms with Gasteiger partial charge in [-0.05, 0) is 26.7 Å². The predicted octanol–water partition coefficient (Wildman–Crippen LogP) is 1.51. The van der Waals surface area contributed by atoms with Crippen molar-refractivity contribution in [2.45, 2.75) is 40.7 Å². The largest absolute Gasteiger partial charge is 0.380 e. The Hall–Kier alpha value is -0.610. The van der Waals surface area contributed by atoms with Gasteiger partial charge in [-0.2, -0.15) is 0 Å². The van der Waals surface area contributed by atoms with E-state index in [2.05, 4.69) is 19.2 Å². The lowest BCUT2D eigenvalue weighted by Gasteiger charge is -2.23. The summed E-state index contributed by atoms with van der Waals surface area (Å²) in [6.07, 6.45) is 0. The summed E-state index contributed by atoms with van der Waals surface area (Å²) >= 11 is 0. The molecule has 0 aliphatic rings. The molecule has 0 saturated carbocycles. The highest BCUT2D eigenvalue weighted by Gasteiger charge is 2.16. The van der Waals surface area contributed by atoms with E-state index < -0.39 is 0 Å². The fourth-order valence-corrected chi connectivity index (χ4v) is 1.56. The van der Waals surface area contributed by atoms with Crippen molar-refractivity contribution in [3.63, 3.8) is 0 Å². The molecule has 1 N–H and O–H groups in total. The van der Waals surface area contributed by atoms with Gasteiger partial charge in [-0.25, -0.2) is 0 Å². The minimum absolute atomic E-state index is 0.127. The number of carbonyl (C=O) groups excluding carboxylic acids is 1. The van der Waals surface area contributed by atoms with Gasteiger partial charge < -0.3 is 15.0 Å². The van der Waals surface area contributed by atoms with Gasteiger partial charge in [0.15, 0.2) is 0 Å². The third-order valence-electron chi connectivity index (χ3n) is 2.59. The molecule has 1 amide bonds. The Bertz CT molecular complexity index is 204. The number of rotatable bonds is 9. The van der Waals surface area contributed by atoms with Crippen LogP contribution in [0.5, 0.6) is 0 Å². The van der Waals surface area contributed by atoms with Crippen LogP contribution < -0.4 is 5.32 Å². The van der Waals surface area contributed by atoms with Crippen molar-refractivity contribution in [1.82, 2.24) is 10.2 Å². The highest BCUT2D eigenvalue weighted by molar-refractivity contribution is 5.81. The first kappa shape index (κ1) is 16.4. The van der Waals surface area contributed by atoms with Crippen molar-refractivity contribution in [1.29, 1.82) is 0 Å². The molecule has 0 fully saturated rings. The van der Waals surface area contributed by atoms with Crippen molar-refractivity contribution in [3.8, 4) is 0 Å². The van der Waals surface area contributed by atoms with Crippen LogP contribution in [0.4, 0.5) is 0 Å². The first-order valence-electron chi connectivity index (χ1n) is 6.62. The highest BCUT2D eigenvalue weighted by atomic mass is 16.5. The van der Waals surface area contributed by atoms with Gasteiger partial charge in [0.05, 0.1) is 12.6 Å². The van der Waals surface area contributed by atoms with E-state index in [1.807, 2.05) is 25.7 Å². The Balaban J connectivity index is 3.70. The molecule has 4 heteroatoms. The van der Waals surface area contributed by atoms with Crippen LogP contribution in [0.1, 0.15) is 34.6 Å².